The van der Waals surface area contributed by atoms with E-state index in [1.54, 1.807) is 52.7 Å². The number of H-pyrrole nitrogens is 1. The summed E-state index contributed by atoms with van der Waals surface area (Å²) in [6, 6.07) is 38.6. The van der Waals surface area contributed by atoms with Gasteiger partial charge in [-0.2, -0.15) is 30.3 Å². The van der Waals surface area contributed by atoms with Gasteiger partial charge >= 0.3 is 5.96 Å². The van der Waals surface area contributed by atoms with Crippen molar-refractivity contribution in [2.24, 2.45) is 33.1 Å². The molecular weight excluding hydrogens is 988 g/mol. The molecule has 0 saturated heterocycles. The first-order valence-corrected chi connectivity index (χ1v) is 25.4. The van der Waals surface area contributed by atoms with Crippen molar-refractivity contribution in [1.82, 2.24) is 35.5 Å². The van der Waals surface area contributed by atoms with Crippen LogP contribution in [-0.2, 0) is 5.41 Å². The zero-order chi connectivity index (χ0) is 51.2. The van der Waals surface area contributed by atoms with E-state index in [0.29, 0.717) is 79.0 Å². The summed E-state index contributed by atoms with van der Waals surface area (Å²) in [5.41, 5.74) is 16.3. The summed E-state index contributed by atoms with van der Waals surface area (Å²) < 4.78 is 3.43. The van der Waals surface area contributed by atoms with Crippen LogP contribution in [0.4, 0.5) is 5.69 Å². The van der Waals surface area contributed by atoms with E-state index in [9.17, 15) is 15.7 Å². The lowest BCUT2D eigenvalue weighted by atomic mass is 9.94. The van der Waals surface area contributed by atoms with Crippen LogP contribution < -0.4 is 20.1 Å². The second-order valence-electron chi connectivity index (χ2n) is 19.6. The summed E-state index contributed by atoms with van der Waals surface area (Å²) in [6.45, 7) is 0.539. The molecule has 0 spiro atoms. The molecule has 0 radical (unpaired) electrons. The number of amidine groups is 1. The van der Waals surface area contributed by atoms with Gasteiger partial charge in [0.25, 0.3) is 0 Å². The van der Waals surface area contributed by atoms with Crippen LogP contribution >= 0.6 is 23.2 Å². The Balaban J connectivity index is 0.756. The van der Waals surface area contributed by atoms with Crippen molar-refractivity contribution in [3.63, 3.8) is 0 Å². The van der Waals surface area contributed by atoms with Gasteiger partial charge in [0.1, 0.15) is 35.0 Å². The van der Waals surface area contributed by atoms with Crippen molar-refractivity contribution in [1.29, 1.82) is 10.8 Å². The number of nitrogens with two attached hydrogens (primary N) is 1. The summed E-state index contributed by atoms with van der Waals surface area (Å²) in [6.07, 6.45) is 12.6. The van der Waals surface area contributed by atoms with Gasteiger partial charge in [-0.25, -0.2) is 4.98 Å². The normalized spacial score (nSPS) is 19.3. The molecule has 3 saturated carbocycles. The fraction of sp³-hybridized carbons (Fsp3) is 0.236. The number of nitriles is 1. The number of hydrogen-bond acceptors (Lipinski definition) is 11. The van der Waals surface area contributed by atoms with Gasteiger partial charge in [-0.15, -0.1) is 5.10 Å². The molecule has 5 heterocycles. The predicted octanol–water partition coefficient (Wildman–Crippen LogP) is 9.05. The molecule has 4 aromatic carbocycles. The number of pyridine rings is 2. The van der Waals surface area contributed by atoms with E-state index in [4.69, 9.17) is 38.7 Å². The van der Waals surface area contributed by atoms with Crippen LogP contribution in [0.1, 0.15) is 84.4 Å². The fourth-order valence-corrected chi connectivity index (χ4v) is 10.9. The first-order valence-electron chi connectivity index (χ1n) is 24.7. The minimum Gasteiger partial charge on any atom is -0.618 e. The molecule has 1 aliphatic heterocycles. The van der Waals surface area contributed by atoms with Gasteiger partial charge in [-0.05, 0) is 132 Å². The molecular formula is C55H46Cl2N16O2+2. The Morgan fingerprint density at radius 3 is 2.35 bits per heavy atom. The van der Waals surface area contributed by atoms with E-state index < -0.39 is 5.41 Å². The van der Waals surface area contributed by atoms with Crippen LogP contribution in [0, 0.1) is 51.1 Å². The average Bonchev–Trinajstić information content (AvgIpc) is 4.39. The van der Waals surface area contributed by atoms with E-state index in [1.807, 2.05) is 85.1 Å². The number of hydrogen-bond donors (Lipinski definition) is 4. The summed E-state index contributed by atoms with van der Waals surface area (Å²) in [5, 5.41) is 62.5. The summed E-state index contributed by atoms with van der Waals surface area (Å²) in [5.74, 6) is 2.78. The second-order valence-corrected chi connectivity index (χ2v) is 20.5. The van der Waals surface area contributed by atoms with Crippen LogP contribution in [0.15, 0.2) is 149 Å². The standard InChI is InChI=1S/C55H44Cl2N16O2/c56-40-15-17-46(42(22-40)38-13-18-50(72(74)29-38)44(21-32-1-2-32)52-60-27-47(64-52)36-7-3-33(25-58)4-8-36)66-54(67-68-59)62-26-34-5-9-37(10-6-34)48-28-61-53(65-48)55(24-45(55)35-11-12-35)51-20-14-39(30-73(51)75)43-23-41(57)16-19-49(43)71-31-63-69-70-71/h3-10,13-20,22-23,28-32,35,44-45,47H,1-2,11-12,21,24,27H2,(H3,59,60,64,66,67)/p+2. The molecule has 20 heteroatoms. The molecule has 4 atom stereocenters. The molecule has 0 amide bonds. The summed E-state index contributed by atoms with van der Waals surface area (Å²) >= 11 is 13.0. The molecule has 12 rings (SSSR count). The van der Waals surface area contributed by atoms with Crippen molar-refractivity contribution in [3.05, 3.63) is 193 Å². The molecule has 4 unspecified atom stereocenters. The molecule has 18 nitrogen and oxygen atoms in total. The number of aromatic nitrogens is 8. The number of imidazole rings is 1. The van der Waals surface area contributed by atoms with Gasteiger partial charge in [0.05, 0.1) is 63.7 Å². The fourth-order valence-electron chi connectivity index (χ4n) is 10.6. The molecule has 370 valence electrons. The molecule has 5 N–H and O–H groups in total. The minimum absolute atomic E-state index is 0.0458. The molecule has 3 aliphatic carbocycles. The Kier molecular flexibility index (Phi) is 12.4. The van der Waals surface area contributed by atoms with Gasteiger partial charge in [0.2, 0.25) is 17.5 Å². The summed E-state index contributed by atoms with van der Waals surface area (Å²) in [4.78, 5) is 17.9. The van der Waals surface area contributed by atoms with Crippen molar-refractivity contribution >= 4 is 40.7 Å². The SMILES string of the molecule is N#Cc1ccc(C2CN=C(C(CC3CC3)c3ccc(-c4cc(Cl)ccc4[NH2+]C(=NN=N)[N+]#Cc4ccc(-c5cnc(C6(c7ccc(-c8cc(Cl)ccc8-n8cnnn8)c[n+]7[O-])CC6C6CC6)[nH]5)cc4)c[n+]3[O-])N2)cc1. The third-order valence-electron chi connectivity index (χ3n) is 14.8. The smallest absolute Gasteiger partial charge is 0.618 e. The first-order chi connectivity index (χ1) is 36.6. The lowest BCUT2D eigenvalue weighted by Crippen LogP contribution is -2.81. The maximum Gasteiger partial charge on any atom is 0.629 e. The van der Waals surface area contributed by atoms with Crippen molar-refractivity contribution in [2.45, 2.75) is 55.9 Å². The zero-order valence-electron chi connectivity index (χ0n) is 40.1. The number of nitrogens with one attached hydrogen (secondary N) is 3. The van der Waals surface area contributed by atoms with Crippen LogP contribution in [0.3, 0.4) is 0 Å². The Bertz CT molecular complexity index is 3690. The van der Waals surface area contributed by atoms with E-state index in [-0.39, 0.29) is 23.8 Å². The average molecular weight is 1030 g/mol. The van der Waals surface area contributed by atoms with Gasteiger partial charge in [-0.3, -0.25) is 4.99 Å². The Labute approximate surface area is 439 Å². The number of rotatable bonds is 14. The Morgan fingerprint density at radius 1 is 0.893 bits per heavy atom. The minimum atomic E-state index is -0.563. The molecule has 3 fully saturated rings. The molecule has 0 bridgehead atoms. The van der Waals surface area contributed by atoms with Crippen molar-refractivity contribution < 1.29 is 14.8 Å². The van der Waals surface area contributed by atoms with Gasteiger partial charge < -0.3 is 20.7 Å². The lowest BCUT2D eigenvalue weighted by molar-refractivity contribution is -0.615. The van der Waals surface area contributed by atoms with Crippen LogP contribution in [-0.4, -0.2) is 48.5 Å². The number of aliphatic imine (C=N–C) groups is 1. The first kappa shape index (κ1) is 47.3. The van der Waals surface area contributed by atoms with E-state index in [1.165, 1.54) is 6.33 Å². The van der Waals surface area contributed by atoms with E-state index in [0.717, 1.165) is 82.0 Å². The highest BCUT2D eigenvalue weighted by atomic mass is 35.5. The highest BCUT2D eigenvalue weighted by Gasteiger charge is 2.67. The number of guanidine groups is 1. The highest BCUT2D eigenvalue weighted by molar-refractivity contribution is 6.31. The maximum absolute atomic E-state index is 14.1. The van der Waals surface area contributed by atoms with Gasteiger partial charge in [0.15, 0.2) is 17.5 Å². The van der Waals surface area contributed by atoms with Gasteiger partial charge in [-0.1, -0.05) is 65.2 Å². The van der Waals surface area contributed by atoms with E-state index in [2.05, 4.69) is 53.1 Å². The number of aromatic amines is 1. The number of nitrogens with zero attached hydrogens (tertiary/aromatic N) is 12. The van der Waals surface area contributed by atoms with E-state index >= 15 is 0 Å². The third-order valence-corrected chi connectivity index (χ3v) is 15.3. The molecule has 8 aromatic rings. The largest absolute Gasteiger partial charge is 0.629 e. The monoisotopic (exact) mass is 1030 g/mol. The van der Waals surface area contributed by atoms with Crippen LogP contribution in [0.2, 0.25) is 10.0 Å². The Hall–Kier alpha value is -8.68. The zero-order valence-corrected chi connectivity index (χ0v) is 41.6. The lowest BCUT2D eigenvalue weighted by Gasteiger charge is -2.20. The summed E-state index contributed by atoms with van der Waals surface area (Å²) in [7, 11) is 0. The van der Waals surface area contributed by atoms with Gasteiger partial charge in [0, 0.05) is 39.4 Å². The molecule has 75 heavy (non-hydrogen) atoms. The highest BCUT2D eigenvalue weighted by Crippen LogP contribution is 2.65. The van der Waals surface area contributed by atoms with Crippen molar-refractivity contribution in [2.75, 3.05) is 6.54 Å². The van der Waals surface area contributed by atoms with Crippen molar-refractivity contribution in [3.8, 4) is 51.3 Å². The number of tetrazole rings is 1. The number of halogens is 2. The quantitative estimate of drug-likeness (QED) is 0.0155. The molecule has 4 aliphatic rings. The topological polar surface area (TPSA) is 244 Å². The number of benzene rings is 4. The number of quaternary nitrogens is 1. The third kappa shape index (κ3) is 9.58. The molecule has 4 aromatic heterocycles. The Morgan fingerprint density at radius 2 is 1.63 bits per heavy atom. The predicted molar refractivity (Wildman–Crippen MR) is 280 cm³/mol. The van der Waals surface area contributed by atoms with Crippen LogP contribution in [0.5, 0.6) is 0 Å². The maximum atomic E-state index is 14.1. The second kappa shape index (κ2) is 19.6. The van der Waals surface area contributed by atoms with Crippen LogP contribution in [0.25, 0.3) is 44.0 Å².